The second-order valence-electron chi connectivity index (χ2n) is 9.44. The van der Waals surface area contributed by atoms with Gasteiger partial charge in [-0.25, -0.2) is 4.39 Å². The van der Waals surface area contributed by atoms with E-state index in [-0.39, 0.29) is 35.3 Å². The smallest absolute Gasteiger partial charge is 0.480 e. The third kappa shape index (κ3) is 3.43. The Labute approximate surface area is 184 Å². The fourth-order valence-corrected chi connectivity index (χ4v) is 4.65. The summed E-state index contributed by atoms with van der Waals surface area (Å²) < 4.78 is 29.5. The van der Waals surface area contributed by atoms with Crippen molar-refractivity contribution >= 4 is 40.6 Å². The summed E-state index contributed by atoms with van der Waals surface area (Å²) in [5, 5.41) is 5.11. The SMILES string of the molecule is COc1nc(Cl)c(F)c2c1c(N1C[C@@H]3CC[C@H]1C=[N+]3C(=O)OC(C)(C)C)nn2C1CC1. The van der Waals surface area contributed by atoms with Gasteiger partial charge in [0.1, 0.15) is 22.5 Å². The summed E-state index contributed by atoms with van der Waals surface area (Å²) in [6, 6.07) is 0.0435. The molecule has 1 saturated heterocycles. The number of nitrogens with zero attached hydrogens (tertiary/aromatic N) is 5. The molecule has 0 N–H and O–H groups in total. The third-order valence-electron chi connectivity index (χ3n) is 5.99. The van der Waals surface area contributed by atoms with E-state index in [1.165, 1.54) is 7.11 Å². The molecule has 6 rings (SSSR count). The monoisotopic (exact) mass is 450 g/mol. The molecule has 1 amide bonds. The number of fused-ring (bicyclic) bond motifs is 3. The number of methoxy groups -OCH3 is 1. The van der Waals surface area contributed by atoms with Crippen LogP contribution < -0.4 is 9.64 Å². The number of halogens is 2. The number of anilines is 1. The molecule has 0 unspecified atom stereocenters. The van der Waals surface area contributed by atoms with Crippen LogP contribution in [0.4, 0.5) is 15.0 Å². The maximum Gasteiger partial charge on any atom is 0.596 e. The van der Waals surface area contributed by atoms with Crippen molar-refractivity contribution in [1.82, 2.24) is 14.8 Å². The maximum atomic E-state index is 15.1. The predicted octanol–water partition coefficient (Wildman–Crippen LogP) is 3.94. The number of hydrogen-bond donors (Lipinski definition) is 0. The molecule has 2 aromatic heterocycles. The lowest BCUT2D eigenvalue weighted by Crippen LogP contribution is -2.59. The van der Waals surface area contributed by atoms with E-state index in [0.29, 0.717) is 23.3 Å². The van der Waals surface area contributed by atoms with E-state index >= 15 is 4.39 Å². The van der Waals surface area contributed by atoms with E-state index in [1.807, 2.05) is 27.0 Å². The van der Waals surface area contributed by atoms with Gasteiger partial charge in [0.15, 0.2) is 29.0 Å². The highest BCUT2D eigenvalue weighted by Gasteiger charge is 2.47. The number of carbonyl (C=O) groups excluding carboxylic acids is 1. The number of ether oxygens (including phenoxy) is 2. The molecule has 0 spiro atoms. The van der Waals surface area contributed by atoms with Gasteiger partial charge in [-0.05, 0) is 40.0 Å². The predicted molar refractivity (Wildman–Crippen MR) is 114 cm³/mol. The standard InChI is InChI=1S/C21H26ClFN5O3/c1-21(2,3)31-20(29)27-10-12-7-8-13(27)9-26(12)18-14-16(28(25-18)11-5-6-11)15(23)17(22)24-19(14)30-4/h10-13H,5-9H2,1-4H3/q+1/t12-,13-/m0/s1. The van der Waals surface area contributed by atoms with Gasteiger partial charge in [-0.2, -0.15) is 14.9 Å². The molecule has 1 aliphatic carbocycles. The second-order valence-corrected chi connectivity index (χ2v) is 9.79. The van der Waals surface area contributed by atoms with Gasteiger partial charge in [0.05, 0.1) is 19.7 Å². The molecule has 166 valence electrons. The molecular formula is C21H26ClFN5O3+. The lowest BCUT2D eigenvalue weighted by atomic mass is 9.94. The van der Waals surface area contributed by atoms with E-state index < -0.39 is 11.4 Å². The first-order valence-electron chi connectivity index (χ1n) is 10.6. The molecule has 2 atom stereocenters. The average Bonchev–Trinajstić information content (AvgIpc) is 3.49. The zero-order valence-electron chi connectivity index (χ0n) is 18.1. The normalized spacial score (nSPS) is 23.3. The van der Waals surface area contributed by atoms with Crippen LogP contribution in [-0.2, 0) is 4.74 Å². The van der Waals surface area contributed by atoms with Gasteiger partial charge in [0, 0.05) is 6.42 Å². The summed E-state index contributed by atoms with van der Waals surface area (Å²) in [7, 11) is 1.49. The summed E-state index contributed by atoms with van der Waals surface area (Å²) in [5.74, 6) is 0.301. The van der Waals surface area contributed by atoms with Crippen molar-refractivity contribution in [3.8, 4) is 5.88 Å². The molecule has 1 saturated carbocycles. The summed E-state index contributed by atoms with van der Waals surface area (Å²) in [4.78, 5) is 18.9. The Morgan fingerprint density at radius 2 is 2.03 bits per heavy atom. The average molecular weight is 451 g/mol. The largest absolute Gasteiger partial charge is 0.596 e. The molecule has 2 bridgehead atoms. The molecule has 2 aromatic rings. The quantitative estimate of drug-likeness (QED) is 0.521. The van der Waals surface area contributed by atoms with Crippen LogP contribution in [0, 0.1) is 5.82 Å². The van der Waals surface area contributed by atoms with E-state index in [9.17, 15) is 4.79 Å². The van der Waals surface area contributed by atoms with Gasteiger partial charge in [-0.15, -0.1) is 4.58 Å². The molecule has 8 nitrogen and oxygen atoms in total. The minimum absolute atomic E-state index is 0.0444. The fourth-order valence-electron chi connectivity index (χ4n) is 4.48. The highest BCUT2D eigenvalue weighted by atomic mass is 35.5. The Bertz CT molecular complexity index is 1100. The highest BCUT2D eigenvalue weighted by molar-refractivity contribution is 6.30. The summed E-state index contributed by atoms with van der Waals surface area (Å²) in [6.07, 6.45) is 5.19. The number of carbonyl (C=O) groups is 1. The van der Waals surface area contributed by atoms with E-state index in [0.717, 1.165) is 25.7 Å². The molecule has 0 radical (unpaired) electrons. The van der Waals surface area contributed by atoms with Crippen molar-refractivity contribution in [3.05, 3.63) is 11.0 Å². The molecule has 2 fully saturated rings. The Balaban J connectivity index is 1.58. The van der Waals surface area contributed by atoms with Gasteiger partial charge in [0.25, 0.3) is 0 Å². The van der Waals surface area contributed by atoms with Crippen LogP contribution in [0.5, 0.6) is 5.88 Å². The Morgan fingerprint density at radius 3 is 2.61 bits per heavy atom. The van der Waals surface area contributed by atoms with Gasteiger partial charge < -0.3 is 14.4 Å². The third-order valence-corrected chi connectivity index (χ3v) is 6.24. The molecule has 0 aromatic carbocycles. The molecule has 31 heavy (non-hydrogen) atoms. The number of piperidine rings is 1. The van der Waals surface area contributed by atoms with Crippen molar-refractivity contribution in [2.75, 3.05) is 18.6 Å². The highest BCUT2D eigenvalue weighted by Crippen LogP contribution is 2.45. The lowest BCUT2D eigenvalue weighted by molar-refractivity contribution is -0.496. The van der Waals surface area contributed by atoms with E-state index in [1.54, 1.807) is 9.26 Å². The number of pyridine rings is 1. The van der Waals surface area contributed by atoms with Crippen LogP contribution in [0.25, 0.3) is 10.9 Å². The summed E-state index contributed by atoms with van der Waals surface area (Å²) in [6.45, 7) is 6.14. The first-order chi connectivity index (χ1) is 14.7. The Morgan fingerprint density at radius 1 is 1.29 bits per heavy atom. The molecule has 3 aliphatic heterocycles. The van der Waals surface area contributed by atoms with E-state index in [4.69, 9.17) is 26.2 Å². The zero-order valence-corrected chi connectivity index (χ0v) is 18.8. The number of aromatic nitrogens is 3. The summed E-state index contributed by atoms with van der Waals surface area (Å²) >= 11 is 6.05. The summed E-state index contributed by atoms with van der Waals surface area (Å²) in [5.41, 5.74) is -0.226. The maximum absolute atomic E-state index is 15.1. The topological polar surface area (TPSA) is 72.5 Å². The van der Waals surface area contributed by atoms with Crippen LogP contribution in [0.15, 0.2) is 0 Å². The van der Waals surface area contributed by atoms with Crippen molar-refractivity contribution in [2.24, 2.45) is 0 Å². The minimum atomic E-state index is -0.579. The van der Waals surface area contributed by atoms with Crippen LogP contribution >= 0.6 is 11.6 Å². The van der Waals surface area contributed by atoms with Gasteiger partial charge in [-0.1, -0.05) is 11.6 Å². The zero-order chi connectivity index (χ0) is 22.1. The first kappa shape index (κ1) is 20.5. The lowest BCUT2D eigenvalue weighted by Gasteiger charge is -2.39. The number of rotatable bonds is 3. The van der Waals surface area contributed by atoms with Crippen molar-refractivity contribution in [1.29, 1.82) is 0 Å². The number of hydrogen-bond acceptors (Lipinski definition) is 6. The van der Waals surface area contributed by atoms with Crippen molar-refractivity contribution < 1.29 is 23.2 Å². The Kier molecular flexibility index (Phi) is 4.66. The molecule has 4 aliphatic rings. The Hall–Kier alpha value is -2.42. The fraction of sp³-hybridized carbons (Fsp3) is 0.619. The minimum Gasteiger partial charge on any atom is -0.480 e. The van der Waals surface area contributed by atoms with E-state index in [2.05, 4.69) is 9.88 Å². The second kappa shape index (κ2) is 7.05. The van der Waals surface area contributed by atoms with Crippen LogP contribution in [0.1, 0.15) is 52.5 Å². The first-order valence-corrected chi connectivity index (χ1v) is 11.0. The number of amides is 1. The van der Waals surface area contributed by atoms with Crippen molar-refractivity contribution in [2.45, 2.75) is 70.2 Å². The molecule has 10 heteroatoms. The van der Waals surface area contributed by atoms with Gasteiger partial charge >= 0.3 is 6.09 Å². The van der Waals surface area contributed by atoms with Gasteiger partial charge in [0.2, 0.25) is 5.88 Å². The molecule has 5 heterocycles. The van der Waals surface area contributed by atoms with Crippen molar-refractivity contribution in [3.63, 3.8) is 0 Å². The van der Waals surface area contributed by atoms with Gasteiger partial charge in [-0.3, -0.25) is 4.68 Å². The van der Waals surface area contributed by atoms with Crippen LogP contribution in [0.3, 0.4) is 0 Å². The van der Waals surface area contributed by atoms with Crippen LogP contribution in [-0.4, -0.2) is 63.0 Å². The van der Waals surface area contributed by atoms with Crippen LogP contribution in [0.2, 0.25) is 5.15 Å². The molecular weight excluding hydrogens is 425 g/mol.